The van der Waals surface area contributed by atoms with E-state index in [1.54, 1.807) is 0 Å². The van der Waals surface area contributed by atoms with Crippen LogP contribution in [0, 0.1) is 0 Å². The maximum Gasteiger partial charge on any atom is 0.169 e. The van der Waals surface area contributed by atoms with Gasteiger partial charge in [-0.2, -0.15) is 0 Å². The molecule has 0 saturated heterocycles. The first kappa shape index (κ1) is 15.2. The van der Waals surface area contributed by atoms with E-state index < -0.39 is 0 Å². The zero-order chi connectivity index (χ0) is 13.2. The molecule has 1 N–H and O–H groups in total. The minimum atomic E-state index is -0.141. The third-order valence-electron chi connectivity index (χ3n) is 2.72. The molecule has 1 rings (SSSR count). The summed E-state index contributed by atoms with van der Waals surface area (Å²) >= 11 is 0. The van der Waals surface area contributed by atoms with E-state index in [0.29, 0.717) is 19.3 Å². The lowest BCUT2D eigenvalue weighted by atomic mass is 10.1. The van der Waals surface area contributed by atoms with Crippen LogP contribution in [-0.4, -0.2) is 32.1 Å². The molecule has 0 aromatic heterocycles. The molecule has 1 unspecified atom stereocenters. The van der Waals surface area contributed by atoms with Crippen molar-refractivity contribution in [2.45, 2.75) is 39.5 Å². The minimum absolute atomic E-state index is 0.141. The van der Waals surface area contributed by atoms with Gasteiger partial charge in [0.25, 0.3) is 0 Å². The topological polar surface area (TPSA) is 30.5 Å². The fourth-order valence-electron chi connectivity index (χ4n) is 1.87. The first-order valence-corrected chi connectivity index (χ1v) is 6.76. The van der Waals surface area contributed by atoms with E-state index in [2.05, 4.69) is 36.5 Å². The van der Waals surface area contributed by atoms with Crippen molar-refractivity contribution in [3.8, 4) is 0 Å². The molecule has 0 aliphatic rings. The molecule has 0 radical (unpaired) electrons. The lowest BCUT2D eigenvalue weighted by molar-refractivity contribution is -0.133. The molecular formula is C15H25NO2. The highest BCUT2D eigenvalue weighted by Gasteiger charge is 2.10. The lowest BCUT2D eigenvalue weighted by Crippen LogP contribution is -2.37. The molecular weight excluding hydrogens is 226 g/mol. The summed E-state index contributed by atoms with van der Waals surface area (Å²) in [4.78, 5) is 0. The molecule has 0 bridgehead atoms. The summed E-state index contributed by atoms with van der Waals surface area (Å²) in [7, 11) is 0. The van der Waals surface area contributed by atoms with E-state index in [1.807, 2.05) is 19.9 Å². The van der Waals surface area contributed by atoms with Gasteiger partial charge in [-0.1, -0.05) is 30.3 Å². The van der Waals surface area contributed by atoms with Crippen molar-refractivity contribution in [2.75, 3.05) is 19.8 Å². The van der Waals surface area contributed by atoms with Gasteiger partial charge in [0, 0.05) is 25.8 Å². The molecule has 0 aliphatic carbocycles. The molecule has 3 nitrogen and oxygen atoms in total. The van der Waals surface area contributed by atoms with Crippen molar-refractivity contribution in [3.05, 3.63) is 35.9 Å². The molecule has 18 heavy (non-hydrogen) atoms. The molecule has 0 fully saturated rings. The molecule has 1 aromatic rings. The fraction of sp³-hybridized carbons (Fsp3) is 0.600. The summed E-state index contributed by atoms with van der Waals surface area (Å²) in [5.41, 5.74) is 1.35. The Morgan fingerprint density at radius 2 is 1.67 bits per heavy atom. The molecule has 0 spiro atoms. The van der Waals surface area contributed by atoms with Gasteiger partial charge in [0.05, 0.1) is 0 Å². The SMILES string of the molecule is CCOC(CNC(C)Cc1ccccc1)OCC. The Labute approximate surface area is 110 Å². The second-order valence-corrected chi connectivity index (χ2v) is 4.34. The van der Waals surface area contributed by atoms with Gasteiger partial charge in [-0.05, 0) is 32.8 Å². The van der Waals surface area contributed by atoms with Crippen molar-refractivity contribution >= 4 is 0 Å². The largest absolute Gasteiger partial charge is 0.352 e. The van der Waals surface area contributed by atoms with E-state index in [0.717, 1.165) is 13.0 Å². The second kappa shape index (κ2) is 9.09. The molecule has 1 aromatic carbocycles. The zero-order valence-electron chi connectivity index (χ0n) is 11.7. The maximum absolute atomic E-state index is 5.50. The number of hydrogen-bond acceptors (Lipinski definition) is 3. The van der Waals surface area contributed by atoms with Crippen LogP contribution in [0.25, 0.3) is 0 Å². The fourth-order valence-corrected chi connectivity index (χ4v) is 1.87. The van der Waals surface area contributed by atoms with E-state index in [-0.39, 0.29) is 6.29 Å². The quantitative estimate of drug-likeness (QED) is 0.684. The van der Waals surface area contributed by atoms with Crippen molar-refractivity contribution in [1.82, 2.24) is 5.32 Å². The Bertz CT molecular complexity index is 297. The average Bonchev–Trinajstić information content (AvgIpc) is 2.38. The number of nitrogens with one attached hydrogen (secondary N) is 1. The van der Waals surface area contributed by atoms with Crippen LogP contribution in [0.5, 0.6) is 0 Å². The highest BCUT2D eigenvalue weighted by Crippen LogP contribution is 2.03. The molecule has 1 atom stereocenters. The highest BCUT2D eigenvalue weighted by molar-refractivity contribution is 5.15. The van der Waals surface area contributed by atoms with Crippen LogP contribution in [0.4, 0.5) is 0 Å². The van der Waals surface area contributed by atoms with Crippen LogP contribution in [0.2, 0.25) is 0 Å². The standard InChI is InChI=1S/C15H25NO2/c1-4-17-15(18-5-2)12-16-13(3)11-14-9-7-6-8-10-14/h6-10,13,15-16H,4-5,11-12H2,1-3H3. The van der Waals surface area contributed by atoms with Gasteiger partial charge in [-0.15, -0.1) is 0 Å². The molecule has 3 heteroatoms. The van der Waals surface area contributed by atoms with Crippen LogP contribution in [0.15, 0.2) is 30.3 Å². The zero-order valence-corrected chi connectivity index (χ0v) is 11.7. The van der Waals surface area contributed by atoms with Gasteiger partial charge in [0.2, 0.25) is 0 Å². The van der Waals surface area contributed by atoms with Crippen molar-refractivity contribution in [2.24, 2.45) is 0 Å². The van der Waals surface area contributed by atoms with Gasteiger partial charge in [0.1, 0.15) is 0 Å². The van der Waals surface area contributed by atoms with Crippen LogP contribution in [-0.2, 0) is 15.9 Å². The van der Waals surface area contributed by atoms with Gasteiger partial charge < -0.3 is 14.8 Å². The van der Waals surface area contributed by atoms with Crippen molar-refractivity contribution in [1.29, 1.82) is 0 Å². The summed E-state index contributed by atoms with van der Waals surface area (Å²) in [5.74, 6) is 0. The first-order valence-electron chi connectivity index (χ1n) is 6.76. The summed E-state index contributed by atoms with van der Waals surface area (Å²) in [6.07, 6.45) is 0.879. The third-order valence-corrected chi connectivity index (χ3v) is 2.72. The molecule has 0 saturated carbocycles. The first-order chi connectivity index (χ1) is 8.76. The average molecular weight is 251 g/mol. The van der Waals surface area contributed by atoms with E-state index in [9.17, 15) is 0 Å². The monoisotopic (exact) mass is 251 g/mol. The number of rotatable bonds is 9. The molecule has 102 valence electrons. The third kappa shape index (κ3) is 6.15. The van der Waals surface area contributed by atoms with E-state index in [4.69, 9.17) is 9.47 Å². The van der Waals surface area contributed by atoms with Gasteiger partial charge in [0.15, 0.2) is 6.29 Å². The normalized spacial score (nSPS) is 12.9. The van der Waals surface area contributed by atoms with E-state index in [1.165, 1.54) is 5.56 Å². The predicted molar refractivity (Wildman–Crippen MR) is 74.7 cm³/mol. The Morgan fingerprint density at radius 1 is 1.06 bits per heavy atom. The molecule has 0 amide bonds. The van der Waals surface area contributed by atoms with Gasteiger partial charge in [-0.3, -0.25) is 0 Å². The number of benzene rings is 1. The smallest absolute Gasteiger partial charge is 0.169 e. The van der Waals surface area contributed by atoms with Crippen molar-refractivity contribution < 1.29 is 9.47 Å². The van der Waals surface area contributed by atoms with Crippen LogP contribution < -0.4 is 5.32 Å². The summed E-state index contributed by atoms with van der Waals surface area (Å²) < 4.78 is 11.0. The Kier molecular flexibility index (Phi) is 7.65. The van der Waals surface area contributed by atoms with Crippen LogP contribution >= 0.6 is 0 Å². The van der Waals surface area contributed by atoms with Gasteiger partial charge in [-0.25, -0.2) is 0 Å². The minimum Gasteiger partial charge on any atom is -0.352 e. The Balaban J connectivity index is 2.28. The number of ether oxygens (including phenoxy) is 2. The van der Waals surface area contributed by atoms with Crippen molar-refractivity contribution in [3.63, 3.8) is 0 Å². The summed E-state index contributed by atoms with van der Waals surface area (Å²) in [5, 5.41) is 3.45. The predicted octanol–water partition coefficient (Wildman–Crippen LogP) is 2.61. The van der Waals surface area contributed by atoms with E-state index >= 15 is 0 Å². The molecule has 0 aliphatic heterocycles. The Morgan fingerprint density at radius 3 is 2.22 bits per heavy atom. The number of hydrogen-bond donors (Lipinski definition) is 1. The molecule has 0 heterocycles. The summed E-state index contributed by atoms with van der Waals surface area (Å²) in [6, 6.07) is 10.9. The van der Waals surface area contributed by atoms with Gasteiger partial charge >= 0.3 is 0 Å². The Hall–Kier alpha value is -0.900. The lowest BCUT2D eigenvalue weighted by Gasteiger charge is -2.20. The van der Waals surface area contributed by atoms with Crippen LogP contribution in [0.3, 0.4) is 0 Å². The van der Waals surface area contributed by atoms with Crippen LogP contribution in [0.1, 0.15) is 26.3 Å². The second-order valence-electron chi connectivity index (χ2n) is 4.34. The maximum atomic E-state index is 5.50. The summed E-state index contributed by atoms with van der Waals surface area (Å²) in [6.45, 7) is 8.25. The highest BCUT2D eigenvalue weighted by atomic mass is 16.7.